The number of fused-ring (bicyclic) bond motifs is 1. The van der Waals surface area contributed by atoms with Gasteiger partial charge in [0, 0.05) is 12.5 Å². The minimum absolute atomic E-state index is 0.0310. The van der Waals surface area contributed by atoms with Crippen molar-refractivity contribution in [3.8, 4) is 0 Å². The first kappa shape index (κ1) is 34.6. The Labute approximate surface area is 294 Å². The normalized spacial score (nSPS) is 22.4. The zero-order chi connectivity index (χ0) is 35.5. The van der Waals surface area contributed by atoms with Gasteiger partial charge in [0.2, 0.25) is 11.8 Å². The van der Waals surface area contributed by atoms with E-state index in [1.54, 1.807) is 18.7 Å². The predicted molar refractivity (Wildman–Crippen MR) is 181 cm³/mol. The van der Waals surface area contributed by atoms with Crippen LogP contribution in [0.25, 0.3) is 11.2 Å². The molecule has 14 nitrogen and oxygen atoms in total. The van der Waals surface area contributed by atoms with Gasteiger partial charge in [-0.15, -0.1) is 22.0 Å². The molecule has 0 spiro atoms. The van der Waals surface area contributed by atoms with E-state index in [0.29, 0.717) is 18.9 Å². The van der Waals surface area contributed by atoms with E-state index in [2.05, 4.69) is 31.0 Å². The van der Waals surface area contributed by atoms with Crippen molar-refractivity contribution >= 4 is 40.7 Å². The van der Waals surface area contributed by atoms with E-state index in [9.17, 15) is 23.1 Å². The molecule has 51 heavy (non-hydrogen) atoms. The van der Waals surface area contributed by atoms with Crippen LogP contribution in [0.4, 0.5) is 24.9 Å². The molecule has 18 heteroatoms. The van der Waals surface area contributed by atoms with Gasteiger partial charge in [0.05, 0.1) is 18.2 Å². The summed E-state index contributed by atoms with van der Waals surface area (Å²) in [6.07, 6.45) is -7.52. The molecule has 0 saturated carbocycles. The number of imidazole rings is 1. The predicted octanol–water partition coefficient (Wildman–Crippen LogP) is 4.84. The maximum atomic E-state index is 13.5. The highest BCUT2D eigenvalue weighted by Gasteiger charge is 2.53. The van der Waals surface area contributed by atoms with Crippen LogP contribution in [0.15, 0.2) is 67.0 Å². The summed E-state index contributed by atoms with van der Waals surface area (Å²) in [5, 5.41) is 30.1. The molecule has 7 rings (SSSR count). The zero-order valence-corrected chi connectivity index (χ0v) is 28.2. The van der Waals surface area contributed by atoms with E-state index in [0.717, 1.165) is 36.1 Å². The molecule has 0 amide bonds. The van der Waals surface area contributed by atoms with Crippen molar-refractivity contribution in [3.05, 3.63) is 83.9 Å². The fourth-order valence-corrected chi connectivity index (χ4v) is 7.37. The maximum Gasteiger partial charge on any atom is 0.490 e. The summed E-state index contributed by atoms with van der Waals surface area (Å²) in [7, 11) is 0. The molecule has 5 aromatic rings. The van der Waals surface area contributed by atoms with Crippen LogP contribution in [0.2, 0.25) is 0 Å². The molecule has 0 radical (unpaired) electrons. The number of nitrogens with one attached hydrogen (secondary N) is 2. The Morgan fingerprint density at radius 3 is 2.45 bits per heavy atom. The number of halogens is 3. The quantitative estimate of drug-likeness (QED) is 0.159. The van der Waals surface area contributed by atoms with Crippen LogP contribution >= 0.6 is 11.8 Å². The van der Waals surface area contributed by atoms with E-state index in [1.807, 2.05) is 60.7 Å². The Hall–Kier alpha value is -4.81. The van der Waals surface area contributed by atoms with Gasteiger partial charge in [-0.1, -0.05) is 60.7 Å². The lowest BCUT2D eigenvalue weighted by Gasteiger charge is -2.24. The number of aryl methyl sites for hydroxylation is 1. The van der Waals surface area contributed by atoms with Gasteiger partial charge in [0.25, 0.3) is 0 Å². The lowest BCUT2D eigenvalue weighted by Crippen LogP contribution is -2.38. The SMILES string of the molecule is CCn1nnc([C@H]2O[C@@H](n3cnc4c(NCC(c5ccccc5)c5ccccc5)nc(NC5CCCCS5)nc43)[C@H](OC(=O)C(F)(F)F)[C@@H]2O)n1. The van der Waals surface area contributed by atoms with E-state index in [1.165, 1.54) is 15.7 Å². The molecule has 5 atom stereocenters. The molecular formula is C33H35F3N10O4S. The minimum Gasteiger partial charge on any atom is -0.448 e. The topological polar surface area (TPSA) is 167 Å². The van der Waals surface area contributed by atoms with E-state index >= 15 is 0 Å². The first-order valence-electron chi connectivity index (χ1n) is 16.5. The molecule has 0 aliphatic carbocycles. The second kappa shape index (κ2) is 14.8. The Morgan fingerprint density at radius 2 is 1.82 bits per heavy atom. The molecule has 0 bridgehead atoms. The number of hydrogen-bond acceptors (Lipinski definition) is 13. The number of rotatable bonds is 11. The smallest absolute Gasteiger partial charge is 0.448 e. The third kappa shape index (κ3) is 7.48. The molecule has 2 aromatic carbocycles. The van der Waals surface area contributed by atoms with Crippen LogP contribution in [0, 0.1) is 0 Å². The minimum atomic E-state index is -5.33. The number of thioether (sulfide) groups is 1. The number of esters is 1. The van der Waals surface area contributed by atoms with Crippen molar-refractivity contribution in [1.82, 2.24) is 39.7 Å². The lowest BCUT2D eigenvalue weighted by atomic mass is 9.91. The number of aliphatic hydroxyl groups is 1. The Morgan fingerprint density at radius 1 is 1.10 bits per heavy atom. The first-order valence-corrected chi connectivity index (χ1v) is 17.6. The van der Waals surface area contributed by atoms with Gasteiger partial charge in [-0.2, -0.15) is 27.9 Å². The van der Waals surface area contributed by atoms with Crippen LogP contribution in [0.5, 0.6) is 0 Å². The number of carbonyl (C=O) groups is 1. The van der Waals surface area contributed by atoms with Gasteiger partial charge in [0.1, 0.15) is 6.10 Å². The zero-order valence-electron chi connectivity index (χ0n) is 27.3. The Bertz CT molecular complexity index is 1900. The summed E-state index contributed by atoms with van der Waals surface area (Å²) < 4.78 is 52.6. The highest BCUT2D eigenvalue weighted by atomic mass is 32.2. The molecule has 2 aliphatic heterocycles. The molecular weight excluding hydrogens is 689 g/mol. The van der Waals surface area contributed by atoms with Crippen LogP contribution < -0.4 is 10.6 Å². The van der Waals surface area contributed by atoms with E-state index in [-0.39, 0.29) is 34.2 Å². The van der Waals surface area contributed by atoms with Crippen molar-refractivity contribution in [2.45, 2.75) is 74.7 Å². The summed E-state index contributed by atoms with van der Waals surface area (Å²) in [4.78, 5) is 27.4. The number of tetrazole rings is 1. The number of aliphatic hydroxyl groups excluding tert-OH is 1. The number of ether oxygens (including phenoxy) is 2. The number of carbonyl (C=O) groups excluding carboxylic acids is 1. The largest absolute Gasteiger partial charge is 0.490 e. The van der Waals surface area contributed by atoms with Crippen molar-refractivity contribution in [1.29, 1.82) is 0 Å². The van der Waals surface area contributed by atoms with Crippen molar-refractivity contribution in [2.24, 2.45) is 0 Å². The number of anilines is 2. The number of hydrogen-bond donors (Lipinski definition) is 3. The van der Waals surface area contributed by atoms with Crippen molar-refractivity contribution in [2.75, 3.05) is 22.9 Å². The summed E-state index contributed by atoms with van der Waals surface area (Å²) in [6, 6.07) is 20.0. The number of nitrogens with zero attached hydrogens (tertiary/aromatic N) is 8. The van der Waals surface area contributed by atoms with Crippen LogP contribution in [-0.4, -0.2) is 86.9 Å². The van der Waals surface area contributed by atoms with Gasteiger partial charge in [-0.25, -0.2) is 9.78 Å². The van der Waals surface area contributed by atoms with Crippen molar-refractivity contribution in [3.63, 3.8) is 0 Å². The first-order chi connectivity index (χ1) is 24.7. The molecule has 5 heterocycles. The van der Waals surface area contributed by atoms with E-state index in [4.69, 9.17) is 19.4 Å². The maximum absolute atomic E-state index is 13.5. The van der Waals surface area contributed by atoms with E-state index < -0.39 is 36.7 Å². The third-order valence-electron chi connectivity index (χ3n) is 8.74. The average Bonchev–Trinajstić information content (AvgIpc) is 3.87. The number of benzene rings is 2. The fourth-order valence-electron chi connectivity index (χ4n) is 6.20. The monoisotopic (exact) mass is 724 g/mol. The second-order valence-corrected chi connectivity index (χ2v) is 13.4. The summed E-state index contributed by atoms with van der Waals surface area (Å²) in [6.45, 7) is 2.52. The molecule has 2 aliphatic rings. The average molecular weight is 725 g/mol. The standard InChI is InChI=1S/C33H35F3N10O4S/c1-2-46-43-28(42-44-46)25-24(47)26(50-31(48)33(34,35)36)30(49-25)45-18-38-23-27(40-32(41-29(23)45)39-22-15-9-10-16-51-22)37-17-21(19-11-5-3-6-12-19)20-13-7-4-8-14-20/h3-8,11-14,18,21-22,24-26,30,47H,2,9-10,15-17H2,1H3,(H2,37,39,40,41)/t22?,24-,25+,26-,30-/m1/s1. The van der Waals surface area contributed by atoms with Gasteiger partial charge < -0.3 is 25.2 Å². The Kier molecular flexibility index (Phi) is 10.1. The molecule has 3 aromatic heterocycles. The summed E-state index contributed by atoms with van der Waals surface area (Å²) in [5.74, 6) is -1.06. The van der Waals surface area contributed by atoms with Crippen LogP contribution in [-0.2, 0) is 20.8 Å². The van der Waals surface area contributed by atoms with Gasteiger partial charge in [-0.3, -0.25) is 4.57 Å². The van der Waals surface area contributed by atoms with Crippen LogP contribution in [0.1, 0.15) is 61.4 Å². The van der Waals surface area contributed by atoms with Crippen molar-refractivity contribution < 1.29 is 32.5 Å². The molecule has 2 saturated heterocycles. The summed E-state index contributed by atoms with van der Waals surface area (Å²) in [5.41, 5.74) is 2.61. The molecule has 3 N–H and O–H groups in total. The fraction of sp³-hybridized carbons (Fsp3) is 0.424. The second-order valence-electron chi connectivity index (χ2n) is 12.1. The van der Waals surface area contributed by atoms with Gasteiger partial charge >= 0.3 is 12.1 Å². The molecule has 2 fully saturated rings. The molecule has 268 valence electrons. The highest BCUT2D eigenvalue weighted by Crippen LogP contribution is 2.42. The third-order valence-corrected chi connectivity index (χ3v) is 10.0. The van der Waals surface area contributed by atoms with Crippen LogP contribution in [0.3, 0.4) is 0 Å². The molecule has 1 unspecified atom stereocenters. The van der Waals surface area contributed by atoms with Gasteiger partial charge in [0.15, 0.2) is 35.4 Å². The van der Waals surface area contributed by atoms with Gasteiger partial charge in [-0.05, 0) is 48.3 Å². The Balaban J connectivity index is 1.28. The summed E-state index contributed by atoms with van der Waals surface area (Å²) >= 11 is 1.75. The number of aromatic nitrogens is 8. The lowest BCUT2D eigenvalue weighted by molar-refractivity contribution is -0.211. The highest BCUT2D eigenvalue weighted by molar-refractivity contribution is 8.00. The number of alkyl halides is 3.